The van der Waals surface area contributed by atoms with Crippen LogP contribution in [0.25, 0.3) is 0 Å². The Morgan fingerprint density at radius 1 is 1.03 bits per heavy atom. The molecule has 0 saturated carbocycles. The van der Waals surface area contributed by atoms with Gasteiger partial charge in [0.2, 0.25) is 15.9 Å². The predicted molar refractivity (Wildman–Crippen MR) is 111 cm³/mol. The molecule has 0 aromatic heterocycles. The third-order valence-corrected chi connectivity index (χ3v) is 7.02. The normalized spacial score (nSPS) is 15.8. The van der Waals surface area contributed by atoms with Crippen molar-refractivity contribution in [1.29, 1.82) is 0 Å². The molecule has 1 fully saturated rings. The highest BCUT2D eigenvalue weighted by Crippen LogP contribution is 2.25. The Labute approximate surface area is 174 Å². The number of hydrogen-bond acceptors (Lipinski definition) is 5. The zero-order valence-electron chi connectivity index (χ0n) is 17.6. The van der Waals surface area contributed by atoms with E-state index in [1.165, 1.54) is 28.6 Å². The van der Waals surface area contributed by atoms with Crippen molar-refractivity contribution >= 4 is 21.9 Å². The van der Waals surface area contributed by atoms with Crippen molar-refractivity contribution in [3.05, 3.63) is 29.8 Å². The molecular weight excluding hydrogens is 392 g/mol. The second kappa shape index (κ2) is 10.7. The van der Waals surface area contributed by atoms with Crippen LogP contribution in [-0.4, -0.2) is 62.3 Å². The molecule has 0 aliphatic carbocycles. The molecular formula is C21H32N2O5S. The zero-order chi connectivity index (χ0) is 21.4. The summed E-state index contributed by atoms with van der Waals surface area (Å²) in [6.45, 7) is 8.23. The van der Waals surface area contributed by atoms with Crippen molar-refractivity contribution in [2.24, 2.45) is 5.92 Å². The lowest BCUT2D eigenvalue weighted by molar-refractivity contribution is -0.136. The summed E-state index contributed by atoms with van der Waals surface area (Å²) in [7, 11) is -3.65. The van der Waals surface area contributed by atoms with Crippen LogP contribution in [0.15, 0.2) is 29.2 Å². The SMILES string of the molecule is CCCN(CCC)C(=O)C1CCN(S(=O)(=O)c2ccc(C(=O)OCC)cc2)CC1. The Morgan fingerprint density at radius 3 is 2.07 bits per heavy atom. The van der Waals surface area contributed by atoms with Crippen LogP contribution in [0.1, 0.15) is 56.8 Å². The summed E-state index contributed by atoms with van der Waals surface area (Å²) < 4.78 is 32.2. The van der Waals surface area contributed by atoms with Gasteiger partial charge in [-0.2, -0.15) is 4.31 Å². The number of nitrogens with zero attached hydrogens (tertiary/aromatic N) is 2. The average Bonchev–Trinajstić information content (AvgIpc) is 2.73. The van der Waals surface area contributed by atoms with Gasteiger partial charge in [-0.1, -0.05) is 13.8 Å². The molecule has 162 valence electrons. The third-order valence-electron chi connectivity index (χ3n) is 5.11. The first-order valence-electron chi connectivity index (χ1n) is 10.4. The maximum atomic E-state index is 12.9. The van der Waals surface area contributed by atoms with Crippen LogP contribution in [0.3, 0.4) is 0 Å². The van der Waals surface area contributed by atoms with Crippen molar-refractivity contribution in [2.75, 3.05) is 32.8 Å². The number of benzene rings is 1. The van der Waals surface area contributed by atoms with E-state index in [1.54, 1.807) is 6.92 Å². The van der Waals surface area contributed by atoms with Gasteiger partial charge in [-0.05, 0) is 56.9 Å². The van der Waals surface area contributed by atoms with Crippen molar-refractivity contribution in [3.8, 4) is 0 Å². The van der Waals surface area contributed by atoms with Crippen molar-refractivity contribution in [1.82, 2.24) is 9.21 Å². The van der Waals surface area contributed by atoms with E-state index >= 15 is 0 Å². The number of carbonyl (C=O) groups excluding carboxylic acids is 2. The summed E-state index contributed by atoms with van der Waals surface area (Å²) in [5.41, 5.74) is 0.321. The van der Waals surface area contributed by atoms with E-state index in [1.807, 2.05) is 4.90 Å². The largest absolute Gasteiger partial charge is 0.462 e. The lowest BCUT2D eigenvalue weighted by Crippen LogP contribution is -2.44. The Morgan fingerprint density at radius 2 is 1.59 bits per heavy atom. The smallest absolute Gasteiger partial charge is 0.338 e. The first kappa shape index (κ1) is 23.3. The third kappa shape index (κ3) is 5.79. The molecule has 1 saturated heterocycles. The van der Waals surface area contributed by atoms with E-state index in [4.69, 9.17) is 4.74 Å². The fourth-order valence-corrected chi connectivity index (χ4v) is 5.07. The number of piperidine rings is 1. The Bertz CT molecular complexity index is 778. The van der Waals surface area contributed by atoms with E-state index in [0.717, 1.165) is 25.9 Å². The highest BCUT2D eigenvalue weighted by atomic mass is 32.2. The van der Waals surface area contributed by atoms with Crippen molar-refractivity contribution in [2.45, 2.75) is 51.3 Å². The Balaban J connectivity index is 2.02. The number of hydrogen-bond donors (Lipinski definition) is 0. The van der Waals surface area contributed by atoms with E-state index in [9.17, 15) is 18.0 Å². The number of amides is 1. The van der Waals surface area contributed by atoms with Crippen LogP contribution in [0, 0.1) is 5.92 Å². The first-order valence-corrected chi connectivity index (χ1v) is 11.8. The minimum Gasteiger partial charge on any atom is -0.462 e. The molecule has 1 aromatic rings. The average molecular weight is 425 g/mol. The van der Waals surface area contributed by atoms with Gasteiger partial charge in [0.05, 0.1) is 17.1 Å². The van der Waals surface area contributed by atoms with Crippen LogP contribution >= 0.6 is 0 Å². The van der Waals surface area contributed by atoms with Gasteiger partial charge in [0.1, 0.15) is 0 Å². The van der Waals surface area contributed by atoms with E-state index in [-0.39, 0.29) is 23.3 Å². The second-order valence-corrected chi connectivity index (χ2v) is 9.19. The lowest BCUT2D eigenvalue weighted by Gasteiger charge is -2.33. The van der Waals surface area contributed by atoms with Gasteiger partial charge in [0.25, 0.3) is 0 Å². The summed E-state index contributed by atoms with van der Waals surface area (Å²) in [6, 6.07) is 5.80. The van der Waals surface area contributed by atoms with Gasteiger partial charge < -0.3 is 9.64 Å². The maximum absolute atomic E-state index is 12.9. The van der Waals surface area contributed by atoms with Crippen molar-refractivity contribution < 1.29 is 22.7 Å². The first-order chi connectivity index (χ1) is 13.8. The summed E-state index contributed by atoms with van der Waals surface area (Å²) in [6.07, 6.45) is 2.90. The van der Waals surface area contributed by atoms with Crippen LogP contribution < -0.4 is 0 Å². The van der Waals surface area contributed by atoms with Crippen LogP contribution in [0.2, 0.25) is 0 Å². The molecule has 8 heteroatoms. The van der Waals surface area contributed by atoms with E-state index < -0.39 is 16.0 Å². The van der Waals surface area contributed by atoms with E-state index in [2.05, 4.69) is 13.8 Å². The van der Waals surface area contributed by atoms with Gasteiger partial charge in [-0.15, -0.1) is 0 Å². The monoisotopic (exact) mass is 424 g/mol. The minimum atomic E-state index is -3.65. The lowest BCUT2D eigenvalue weighted by atomic mass is 9.96. The number of ether oxygens (including phenoxy) is 1. The molecule has 7 nitrogen and oxygen atoms in total. The summed E-state index contributed by atoms with van der Waals surface area (Å²) in [4.78, 5) is 26.6. The molecule has 1 aliphatic heterocycles. The molecule has 1 aliphatic rings. The minimum absolute atomic E-state index is 0.120. The van der Waals surface area contributed by atoms with Gasteiger partial charge in [-0.3, -0.25) is 4.79 Å². The topological polar surface area (TPSA) is 84.0 Å². The number of sulfonamides is 1. The molecule has 1 aromatic carbocycles. The van der Waals surface area contributed by atoms with Crippen LogP contribution in [-0.2, 0) is 19.6 Å². The van der Waals surface area contributed by atoms with Gasteiger partial charge in [-0.25, -0.2) is 13.2 Å². The summed E-state index contributed by atoms with van der Waals surface area (Å²) in [5, 5.41) is 0. The highest BCUT2D eigenvalue weighted by molar-refractivity contribution is 7.89. The number of carbonyl (C=O) groups is 2. The molecule has 29 heavy (non-hydrogen) atoms. The second-order valence-electron chi connectivity index (χ2n) is 7.25. The fraction of sp³-hybridized carbons (Fsp3) is 0.619. The molecule has 0 radical (unpaired) electrons. The van der Waals surface area contributed by atoms with Crippen molar-refractivity contribution in [3.63, 3.8) is 0 Å². The molecule has 1 heterocycles. The number of rotatable bonds is 9. The summed E-state index contributed by atoms with van der Waals surface area (Å²) in [5.74, 6) is -0.449. The number of esters is 1. The molecule has 1 amide bonds. The quantitative estimate of drug-likeness (QED) is 0.569. The highest BCUT2D eigenvalue weighted by Gasteiger charge is 2.33. The van der Waals surface area contributed by atoms with Gasteiger partial charge in [0, 0.05) is 32.1 Å². The standard InChI is InChI=1S/C21H32N2O5S/c1-4-13-22(14-5-2)20(24)17-11-15-23(16-12-17)29(26,27)19-9-7-18(8-10-19)21(25)28-6-3/h7-10,17H,4-6,11-16H2,1-3H3. The molecule has 2 rings (SSSR count). The van der Waals surface area contributed by atoms with E-state index in [0.29, 0.717) is 31.5 Å². The molecule has 0 N–H and O–H groups in total. The summed E-state index contributed by atoms with van der Waals surface area (Å²) >= 11 is 0. The molecule has 0 spiro atoms. The van der Waals surface area contributed by atoms with Gasteiger partial charge >= 0.3 is 5.97 Å². The maximum Gasteiger partial charge on any atom is 0.338 e. The van der Waals surface area contributed by atoms with Gasteiger partial charge in [0.15, 0.2) is 0 Å². The Hall–Kier alpha value is -1.93. The fourth-order valence-electron chi connectivity index (χ4n) is 3.60. The molecule has 0 atom stereocenters. The predicted octanol–water partition coefficient (Wildman–Crippen LogP) is 2.91. The zero-order valence-corrected chi connectivity index (χ0v) is 18.4. The molecule has 0 unspecified atom stereocenters. The van der Waals surface area contributed by atoms with Crippen LogP contribution in [0.4, 0.5) is 0 Å². The Kier molecular flexibility index (Phi) is 8.64. The van der Waals surface area contributed by atoms with Crippen LogP contribution in [0.5, 0.6) is 0 Å². The molecule has 0 bridgehead atoms.